The van der Waals surface area contributed by atoms with Crippen molar-refractivity contribution in [1.82, 2.24) is 14.7 Å². The molecule has 1 amide bonds. The standard InChI is InChI=1S/C21H23N3O3S/c1-4-14(2)22-20(25)16-10-11-17(18(13-16)26-3)27-21-23-19(24-28-21)12-15-8-6-5-7-9-15/h5-11,13-14H,4,12H2,1-3H3,(H,22,25)/t14-/m1/s1. The molecule has 0 aliphatic rings. The van der Waals surface area contributed by atoms with Crippen LogP contribution in [0.2, 0.25) is 0 Å². The van der Waals surface area contributed by atoms with E-state index < -0.39 is 0 Å². The molecule has 3 rings (SSSR count). The molecule has 1 aromatic heterocycles. The first-order valence-electron chi connectivity index (χ1n) is 9.12. The molecule has 1 N–H and O–H groups in total. The average Bonchev–Trinajstić information content (AvgIpc) is 3.15. The third-order valence-electron chi connectivity index (χ3n) is 4.27. The van der Waals surface area contributed by atoms with Gasteiger partial charge in [0.05, 0.1) is 7.11 Å². The first kappa shape index (κ1) is 19.8. The van der Waals surface area contributed by atoms with Crippen molar-refractivity contribution in [3.05, 3.63) is 65.5 Å². The first-order chi connectivity index (χ1) is 13.6. The fourth-order valence-corrected chi connectivity index (χ4v) is 3.09. The highest BCUT2D eigenvalue weighted by molar-refractivity contribution is 7.07. The molecule has 0 spiro atoms. The van der Waals surface area contributed by atoms with E-state index in [1.807, 2.05) is 44.2 Å². The number of methoxy groups -OCH3 is 1. The minimum Gasteiger partial charge on any atom is -0.493 e. The summed E-state index contributed by atoms with van der Waals surface area (Å²) in [6.45, 7) is 3.99. The third kappa shape index (κ3) is 5.07. The number of aromatic nitrogens is 2. The maximum Gasteiger partial charge on any atom is 0.298 e. The van der Waals surface area contributed by atoms with Crippen LogP contribution >= 0.6 is 11.5 Å². The summed E-state index contributed by atoms with van der Waals surface area (Å²) < 4.78 is 15.6. The van der Waals surface area contributed by atoms with E-state index in [0.717, 1.165) is 12.0 Å². The first-order valence-corrected chi connectivity index (χ1v) is 9.89. The van der Waals surface area contributed by atoms with E-state index in [9.17, 15) is 4.79 Å². The maximum absolute atomic E-state index is 12.3. The molecule has 2 aromatic carbocycles. The monoisotopic (exact) mass is 397 g/mol. The number of ether oxygens (including phenoxy) is 2. The van der Waals surface area contributed by atoms with Crippen LogP contribution in [0.3, 0.4) is 0 Å². The number of nitrogens with one attached hydrogen (secondary N) is 1. The highest BCUT2D eigenvalue weighted by atomic mass is 32.1. The van der Waals surface area contributed by atoms with Gasteiger partial charge in [-0.15, -0.1) is 0 Å². The van der Waals surface area contributed by atoms with Gasteiger partial charge in [-0.05, 0) is 37.1 Å². The smallest absolute Gasteiger partial charge is 0.298 e. The van der Waals surface area contributed by atoms with Gasteiger partial charge in [-0.1, -0.05) is 37.3 Å². The van der Waals surface area contributed by atoms with E-state index in [-0.39, 0.29) is 11.9 Å². The highest BCUT2D eigenvalue weighted by Gasteiger charge is 2.15. The van der Waals surface area contributed by atoms with Gasteiger partial charge in [-0.25, -0.2) is 0 Å². The summed E-state index contributed by atoms with van der Waals surface area (Å²) in [5.41, 5.74) is 1.66. The second-order valence-corrected chi connectivity index (χ2v) is 7.10. The van der Waals surface area contributed by atoms with Crippen LogP contribution in [0.1, 0.15) is 42.0 Å². The molecule has 0 saturated heterocycles. The predicted molar refractivity (Wildman–Crippen MR) is 109 cm³/mol. The van der Waals surface area contributed by atoms with Gasteiger partial charge in [0.25, 0.3) is 11.1 Å². The van der Waals surface area contributed by atoms with E-state index in [1.165, 1.54) is 11.5 Å². The number of hydrogen-bond acceptors (Lipinski definition) is 6. The summed E-state index contributed by atoms with van der Waals surface area (Å²) in [4.78, 5) is 16.7. The van der Waals surface area contributed by atoms with Gasteiger partial charge < -0.3 is 14.8 Å². The largest absolute Gasteiger partial charge is 0.493 e. The molecular formula is C21H23N3O3S. The van der Waals surface area contributed by atoms with Gasteiger partial charge in [0.2, 0.25) is 0 Å². The zero-order valence-corrected chi connectivity index (χ0v) is 17.0. The quantitative estimate of drug-likeness (QED) is 0.608. The molecule has 0 aliphatic heterocycles. The predicted octanol–water partition coefficient (Wildman–Crippen LogP) is 4.46. The van der Waals surface area contributed by atoms with Gasteiger partial charge in [-0.2, -0.15) is 9.36 Å². The van der Waals surface area contributed by atoms with E-state index in [2.05, 4.69) is 14.7 Å². The van der Waals surface area contributed by atoms with Crippen LogP contribution in [0, 0.1) is 0 Å². The molecule has 1 heterocycles. The number of amides is 1. The molecule has 0 saturated carbocycles. The van der Waals surface area contributed by atoms with E-state index in [1.54, 1.807) is 25.3 Å². The van der Waals surface area contributed by atoms with Crippen LogP contribution in [0.4, 0.5) is 0 Å². The Kier molecular flexibility index (Phi) is 6.60. The molecule has 0 aliphatic carbocycles. The molecule has 0 radical (unpaired) electrons. The minimum absolute atomic E-state index is 0.110. The second kappa shape index (κ2) is 9.32. The summed E-state index contributed by atoms with van der Waals surface area (Å²) >= 11 is 1.19. The summed E-state index contributed by atoms with van der Waals surface area (Å²) in [6.07, 6.45) is 1.51. The second-order valence-electron chi connectivity index (χ2n) is 6.39. The third-order valence-corrected chi connectivity index (χ3v) is 4.90. The van der Waals surface area contributed by atoms with E-state index >= 15 is 0 Å². The van der Waals surface area contributed by atoms with E-state index in [0.29, 0.717) is 34.5 Å². The molecule has 28 heavy (non-hydrogen) atoms. The molecule has 6 nitrogen and oxygen atoms in total. The van der Waals surface area contributed by atoms with Crippen molar-refractivity contribution in [3.8, 4) is 16.7 Å². The number of carbonyl (C=O) groups is 1. The summed E-state index contributed by atoms with van der Waals surface area (Å²) in [5.74, 6) is 1.52. The molecule has 7 heteroatoms. The Morgan fingerprint density at radius 2 is 1.96 bits per heavy atom. The molecule has 0 bridgehead atoms. The Bertz CT molecular complexity index is 928. The molecule has 0 unspecified atom stereocenters. The van der Waals surface area contributed by atoms with Crippen molar-refractivity contribution in [1.29, 1.82) is 0 Å². The fraction of sp³-hybridized carbons (Fsp3) is 0.286. The number of nitrogens with zero attached hydrogens (tertiary/aromatic N) is 2. The van der Waals surface area contributed by atoms with Crippen molar-refractivity contribution < 1.29 is 14.3 Å². The number of rotatable bonds is 8. The topological polar surface area (TPSA) is 73.3 Å². The van der Waals surface area contributed by atoms with Gasteiger partial charge >= 0.3 is 0 Å². The van der Waals surface area contributed by atoms with Crippen LogP contribution < -0.4 is 14.8 Å². The molecule has 146 valence electrons. The Hall–Kier alpha value is -2.93. The van der Waals surface area contributed by atoms with Crippen LogP contribution in [0.25, 0.3) is 0 Å². The van der Waals surface area contributed by atoms with Crippen molar-refractivity contribution in [2.75, 3.05) is 7.11 Å². The Morgan fingerprint density at radius 1 is 1.18 bits per heavy atom. The van der Waals surface area contributed by atoms with Crippen molar-refractivity contribution >= 4 is 17.4 Å². The number of carbonyl (C=O) groups excluding carboxylic acids is 1. The highest BCUT2D eigenvalue weighted by Crippen LogP contribution is 2.33. The lowest BCUT2D eigenvalue weighted by Gasteiger charge is -2.13. The lowest BCUT2D eigenvalue weighted by Crippen LogP contribution is -2.31. The SMILES string of the molecule is CC[C@@H](C)NC(=O)c1ccc(Oc2nc(Cc3ccccc3)ns2)c(OC)c1. The molecular weight excluding hydrogens is 374 g/mol. The molecule has 0 fully saturated rings. The van der Waals surface area contributed by atoms with Crippen LogP contribution in [0.15, 0.2) is 48.5 Å². The van der Waals surface area contributed by atoms with Gasteiger partial charge in [0, 0.05) is 29.6 Å². The minimum atomic E-state index is -0.139. The maximum atomic E-state index is 12.3. The summed E-state index contributed by atoms with van der Waals surface area (Å²) in [5, 5.41) is 3.37. The Balaban J connectivity index is 1.71. The zero-order valence-electron chi connectivity index (χ0n) is 16.1. The number of hydrogen-bond donors (Lipinski definition) is 1. The normalized spacial score (nSPS) is 11.7. The van der Waals surface area contributed by atoms with Gasteiger partial charge in [0.1, 0.15) is 0 Å². The number of benzene rings is 2. The lowest BCUT2D eigenvalue weighted by atomic mass is 10.1. The van der Waals surface area contributed by atoms with Crippen molar-refractivity contribution in [3.63, 3.8) is 0 Å². The molecule has 3 aromatic rings. The van der Waals surface area contributed by atoms with Gasteiger partial charge in [-0.3, -0.25) is 4.79 Å². The average molecular weight is 398 g/mol. The summed E-state index contributed by atoms with van der Waals surface area (Å²) in [6, 6.07) is 15.2. The van der Waals surface area contributed by atoms with Crippen molar-refractivity contribution in [2.24, 2.45) is 0 Å². The Morgan fingerprint density at radius 3 is 2.68 bits per heavy atom. The van der Waals surface area contributed by atoms with Crippen LogP contribution in [0.5, 0.6) is 16.7 Å². The zero-order chi connectivity index (χ0) is 19.9. The van der Waals surface area contributed by atoms with E-state index in [4.69, 9.17) is 9.47 Å². The lowest BCUT2D eigenvalue weighted by molar-refractivity contribution is 0.0939. The summed E-state index contributed by atoms with van der Waals surface area (Å²) in [7, 11) is 1.54. The fourth-order valence-electron chi connectivity index (χ4n) is 2.53. The molecule has 1 atom stereocenters. The van der Waals surface area contributed by atoms with Crippen LogP contribution in [-0.2, 0) is 6.42 Å². The Labute approximate surface area is 168 Å². The van der Waals surface area contributed by atoms with Crippen LogP contribution in [-0.4, -0.2) is 28.4 Å². The van der Waals surface area contributed by atoms with Crippen molar-refractivity contribution in [2.45, 2.75) is 32.7 Å². The van der Waals surface area contributed by atoms with Gasteiger partial charge in [0.15, 0.2) is 17.3 Å².